The lowest BCUT2D eigenvalue weighted by Gasteiger charge is -2.28. The number of allylic oxidation sites excluding steroid dienone is 18. The van der Waals surface area contributed by atoms with Gasteiger partial charge in [-0.15, -0.1) is 0 Å². The van der Waals surface area contributed by atoms with E-state index in [4.69, 9.17) is 18.5 Å². The number of rotatable bonds is 55. The number of carbonyl (C=O) groups excluding carboxylic acids is 2. The van der Waals surface area contributed by atoms with Gasteiger partial charge >= 0.3 is 11.9 Å². The van der Waals surface area contributed by atoms with Crippen LogP contribution in [0, 0.1) is 0 Å². The van der Waals surface area contributed by atoms with Gasteiger partial charge in [0.1, 0.15) is 19.8 Å². The SMILES string of the molecule is CC/C=C\C/C=C\C/C=C\C/C=C\C/C=C\C/C=C\CCCCCCCCC(=O)OC(COC(=O)CCCCCCCCCCCCCC/C=C\C/C=C\C/C=C\CCCCCCC)COP(=O)([O-])OCC[N+](C)(C)C. The van der Waals surface area contributed by atoms with Crippen molar-refractivity contribution in [1.29, 1.82) is 0 Å². The highest BCUT2D eigenvalue weighted by Crippen LogP contribution is 2.38. The third-order valence-electron chi connectivity index (χ3n) is 12.8. The summed E-state index contributed by atoms with van der Waals surface area (Å²) in [6.45, 7) is 4.09. The summed E-state index contributed by atoms with van der Waals surface area (Å²) in [4.78, 5) is 37.9. The van der Waals surface area contributed by atoms with Crippen LogP contribution in [0.2, 0.25) is 0 Å². The van der Waals surface area contributed by atoms with Crippen LogP contribution in [0.5, 0.6) is 0 Å². The van der Waals surface area contributed by atoms with Crippen LogP contribution < -0.4 is 4.89 Å². The van der Waals surface area contributed by atoms with E-state index in [-0.39, 0.29) is 26.1 Å². The maximum absolute atomic E-state index is 12.8. The summed E-state index contributed by atoms with van der Waals surface area (Å²) in [5, 5.41) is 0. The van der Waals surface area contributed by atoms with Gasteiger partial charge in [0.25, 0.3) is 7.82 Å². The lowest BCUT2D eigenvalue weighted by atomic mass is 10.0. The maximum atomic E-state index is 12.8. The van der Waals surface area contributed by atoms with E-state index in [9.17, 15) is 19.0 Å². The molecule has 0 bridgehead atoms. The molecule has 0 saturated heterocycles. The van der Waals surface area contributed by atoms with Gasteiger partial charge in [-0.1, -0.05) is 239 Å². The number of hydrogen-bond acceptors (Lipinski definition) is 8. The molecule has 10 heteroatoms. The van der Waals surface area contributed by atoms with Gasteiger partial charge in [-0.05, 0) is 103 Å². The van der Waals surface area contributed by atoms with Gasteiger partial charge < -0.3 is 27.9 Å². The summed E-state index contributed by atoms with van der Waals surface area (Å²) < 4.78 is 34.2. The summed E-state index contributed by atoms with van der Waals surface area (Å²) in [5.74, 6) is -0.856. The molecule has 0 spiro atoms. The number of hydrogen-bond donors (Lipinski definition) is 0. The number of likely N-dealkylation sites (N-methyl/N-ethyl adjacent to an activating group) is 1. The average molecular weight is 1080 g/mol. The van der Waals surface area contributed by atoms with Crippen LogP contribution in [0.25, 0.3) is 0 Å². The average Bonchev–Trinajstić information content (AvgIpc) is 3.38. The fraction of sp³-hybridized carbons (Fsp3) is 0.697. The first kappa shape index (κ1) is 72.7. The van der Waals surface area contributed by atoms with Crippen LogP contribution in [0.4, 0.5) is 0 Å². The molecule has 0 rings (SSSR count). The topological polar surface area (TPSA) is 111 Å². The molecule has 0 radical (unpaired) electrons. The van der Waals surface area contributed by atoms with E-state index in [0.29, 0.717) is 17.4 Å². The van der Waals surface area contributed by atoms with Gasteiger partial charge in [0, 0.05) is 12.8 Å². The first-order chi connectivity index (χ1) is 37.0. The molecule has 0 aromatic heterocycles. The van der Waals surface area contributed by atoms with Crippen molar-refractivity contribution in [2.45, 2.75) is 251 Å². The van der Waals surface area contributed by atoms with Gasteiger partial charge in [0.05, 0.1) is 27.7 Å². The molecule has 0 aliphatic heterocycles. The third-order valence-corrected chi connectivity index (χ3v) is 13.7. The molecule has 436 valence electrons. The minimum Gasteiger partial charge on any atom is -0.756 e. The van der Waals surface area contributed by atoms with Gasteiger partial charge in [0.2, 0.25) is 0 Å². The summed E-state index contributed by atoms with van der Waals surface area (Å²) in [7, 11) is 1.14. The molecule has 9 nitrogen and oxygen atoms in total. The molecular weight excluding hydrogens is 966 g/mol. The molecule has 0 aliphatic carbocycles. The number of nitrogens with zero attached hydrogens (tertiary/aromatic N) is 1. The fourth-order valence-electron chi connectivity index (χ4n) is 8.08. The van der Waals surface area contributed by atoms with E-state index in [1.807, 2.05) is 21.1 Å². The summed E-state index contributed by atoms with van der Waals surface area (Å²) >= 11 is 0. The van der Waals surface area contributed by atoms with E-state index in [0.717, 1.165) is 109 Å². The monoisotopic (exact) mass is 1080 g/mol. The normalized spacial score (nSPS) is 14.0. The van der Waals surface area contributed by atoms with Gasteiger partial charge in [-0.25, -0.2) is 0 Å². The highest BCUT2D eigenvalue weighted by molar-refractivity contribution is 7.45. The zero-order valence-electron chi connectivity index (χ0n) is 49.4. The van der Waals surface area contributed by atoms with Gasteiger partial charge in [0.15, 0.2) is 6.10 Å². The van der Waals surface area contributed by atoms with E-state index < -0.39 is 32.5 Å². The molecule has 0 heterocycles. The lowest BCUT2D eigenvalue weighted by Crippen LogP contribution is -2.37. The predicted octanol–water partition coefficient (Wildman–Crippen LogP) is 18.7. The smallest absolute Gasteiger partial charge is 0.306 e. The molecule has 0 aliphatic rings. The number of unbranched alkanes of at least 4 members (excludes halogenated alkanes) is 23. The van der Waals surface area contributed by atoms with Crippen molar-refractivity contribution in [1.82, 2.24) is 0 Å². The number of carbonyl (C=O) groups is 2. The quantitative estimate of drug-likeness (QED) is 0.0195. The standard InChI is InChI=1S/C66H114NO8P/c1-6-8-10-12-14-16-18-20-22-24-26-28-30-32-33-35-36-38-40-42-44-46-48-50-52-54-56-58-65(68)72-62-64(63-74-76(70,71)73-61-60-67(3,4)5)75-66(69)59-57-55-53-51-49-47-45-43-41-39-37-34-31-29-27-25-23-21-19-17-15-13-11-9-7-2/h9,11,15,17-18,20-21,23-24,26-27,29-30,32,34,37,41,43,64H,6-8,10,12-14,16,19,22,25,28,31,33,35-36,38-40,42,44-63H2,1-5H3/b11-9-,17-15-,20-18-,23-21-,26-24-,29-27-,32-30-,37-34-,43-41-. The number of ether oxygens (including phenoxy) is 2. The van der Waals surface area contributed by atoms with Crippen molar-refractivity contribution in [3.8, 4) is 0 Å². The molecule has 2 unspecified atom stereocenters. The van der Waals surface area contributed by atoms with Crippen molar-refractivity contribution < 1.29 is 42.1 Å². The molecule has 0 amide bonds. The summed E-state index contributed by atoms with van der Waals surface area (Å²) in [6, 6.07) is 0. The molecule has 0 saturated carbocycles. The van der Waals surface area contributed by atoms with E-state index >= 15 is 0 Å². The largest absolute Gasteiger partial charge is 0.756 e. The summed E-state index contributed by atoms with van der Waals surface area (Å²) in [5.41, 5.74) is 0. The Morgan fingerprint density at radius 1 is 0.421 bits per heavy atom. The minimum absolute atomic E-state index is 0.0399. The zero-order valence-corrected chi connectivity index (χ0v) is 50.3. The fourth-order valence-corrected chi connectivity index (χ4v) is 8.81. The van der Waals surface area contributed by atoms with Crippen molar-refractivity contribution in [2.24, 2.45) is 0 Å². The third kappa shape index (κ3) is 59.9. The lowest BCUT2D eigenvalue weighted by molar-refractivity contribution is -0.870. The Labute approximate surface area is 467 Å². The van der Waals surface area contributed by atoms with Crippen LogP contribution in [-0.4, -0.2) is 70.0 Å². The summed E-state index contributed by atoms with van der Waals surface area (Å²) in [6.07, 6.45) is 78.5. The Kier molecular flexibility index (Phi) is 53.9. The minimum atomic E-state index is -4.65. The highest BCUT2D eigenvalue weighted by Gasteiger charge is 2.22. The van der Waals surface area contributed by atoms with Crippen molar-refractivity contribution in [2.75, 3.05) is 47.5 Å². The first-order valence-corrected chi connectivity index (χ1v) is 32.1. The van der Waals surface area contributed by atoms with Crippen molar-refractivity contribution >= 4 is 19.8 Å². The number of phosphoric acid groups is 1. The molecule has 0 fully saturated rings. The Hall–Kier alpha value is -3.33. The van der Waals surface area contributed by atoms with Crippen molar-refractivity contribution in [3.63, 3.8) is 0 Å². The Morgan fingerprint density at radius 3 is 1.12 bits per heavy atom. The van der Waals surface area contributed by atoms with Crippen molar-refractivity contribution in [3.05, 3.63) is 109 Å². The van der Waals surface area contributed by atoms with Crippen LogP contribution in [-0.2, 0) is 32.7 Å². The van der Waals surface area contributed by atoms with Crippen LogP contribution >= 0.6 is 7.82 Å². The second-order valence-corrected chi connectivity index (χ2v) is 22.7. The molecule has 2 atom stereocenters. The van der Waals surface area contributed by atoms with E-state index in [2.05, 4.69) is 123 Å². The molecular formula is C66H114NO8P. The predicted molar refractivity (Wildman–Crippen MR) is 323 cm³/mol. The molecule has 0 N–H and O–H groups in total. The first-order valence-electron chi connectivity index (χ1n) is 30.6. The Balaban J connectivity index is 4.20. The van der Waals surface area contributed by atoms with E-state index in [1.165, 1.54) is 103 Å². The Bertz CT molecular complexity index is 1650. The molecule has 0 aromatic carbocycles. The molecule has 76 heavy (non-hydrogen) atoms. The van der Waals surface area contributed by atoms with Crippen LogP contribution in [0.3, 0.4) is 0 Å². The highest BCUT2D eigenvalue weighted by atomic mass is 31.2. The number of phosphoric ester groups is 1. The second-order valence-electron chi connectivity index (χ2n) is 21.3. The van der Waals surface area contributed by atoms with Gasteiger partial charge in [-0.3, -0.25) is 14.2 Å². The van der Waals surface area contributed by atoms with Crippen LogP contribution in [0.15, 0.2) is 109 Å². The van der Waals surface area contributed by atoms with E-state index in [1.54, 1.807) is 0 Å². The van der Waals surface area contributed by atoms with Gasteiger partial charge in [-0.2, -0.15) is 0 Å². The Morgan fingerprint density at radius 2 is 0.750 bits per heavy atom. The second kappa shape index (κ2) is 56.4. The van der Waals surface area contributed by atoms with Crippen LogP contribution in [0.1, 0.15) is 245 Å². The zero-order chi connectivity index (χ0) is 55.6. The number of quaternary nitrogens is 1. The number of esters is 2. The molecule has 0 aromatic rings. The maximum Gasteiger partial charge on any atom is 0.306 e.